The van der Waals surface area contributed by atoms with Crippen LogP contribution in [0, 0.1) is 12.7 Å². The Morgan fingerprint density at radius 3 is 3.00 bits per heavy atom. The van der Waals surface area contributed by atoms with Gasteiger partial charge in [0.1, 0.15) is 5.82 Å². The molecule has 1 aliphatic rings. The molecular weight excluding hydrogens is 243 g/mol. The number of aryl methyl sites for hydroxylation is 1. The van der Waals surface area contributed by atoms with Crippen molar-refractivity contribution < 1.29 is 9.18 Å². The first-order valence-electron chi connectivity index (χ1n) is 6.89. The molecule has 1 aromatic carbocycles. The molecule has 0 aromatic heterocycles. The van der Waals surface area contributed by atoms with Gasteiger partial charge >= 0.3 is 0 Å². The number of carbonyl (C=O) groups excluding carboxylic acids is 1. The molecule has 1 saturated heterocycles. The van der Waals surface area contributed by atoms with Gasteiger partial charge in [0.25, 0.3) is 0 Å². The Morgan fingerprint density at radius 1 is 1.53 bits per heavy atom. The molecule has 1 fully saturated rings. The summed E-state index contributed by atoms with van der Waals surface area (Å²) >= 11 is 0. The van der Waals surface area contributed by atoms with E-state index in [1.165, 1.54) is 6.07 Å². The second-order valence-corrected chi connectivity index (χ2v) is 5.15. The third-order valence-electron chi connectivity index (χ3n) is 3.70. The van der Waals surface area contributed by atoms with Crippen LogP contribution >= 0.6 is 0 Å². The Hall–Kier alpha value is -1.42. The summed E-state index contributed by atoms with van der Waals surface area (Å²) in [6, 6.07) is 5.30. The number of hydrogen-bond acceptors (Lipinski definition) is 2. The highest BCUT2D eigenvalue weighted by molar-refractivity contribution is 5.75. The lowest BCUT2D eigenvalue weighted by Gasteiger charge is -2.32. The minimum Gasteiger partial charge on any atom is -0.353 e. The van der Waals surface area contributed by atoms with E-state index in [1.807, 2.05) is 19.9 Å². The van der Waals surface area contributed by atoms with Gasteiger partial charge in [-0.05, 0) is 49.6 Å². The lowest BCUT2D eigenvalue weighted by Crippen LogP contribution is -2.44. The Balaban J connectivity index is 2.06. The van der Waals surface area contributed by atoms with Gasteiger partial charge in [0, 0.05) is 18.5 Å². The van der Waals surface area contributed by atoms with Crippen molar-refractivity contribution in [3.05, 3.63) is 35.1 Å². The van der Waals surface area contributed by atoms with E-state index in [4.69, 9.17) is 0 Å². The van der Waals surface area contributed by atoms with Gasteiger partial charge in [0.05, 0.1) is 0 Å². The minimum atomic E-state index is -0.201. The van der Waals surface area contributed by atoms with Crippen LogP contribution in [0.5, 0.6) is 0 Å². The summed E-state index contributed by atoms with van der Waals surface area (Å²) in [6.07, 6.45) is 2.32. The van der Waals surface area contributed by atoms with Crippen LogP contribution in [0.15, 0.2) is 18.2 Å². The molecule has 104 valence electrons. The molecule has 0 saturated carbocycles. The maximum atomic E-state index is 13.1. The van der Waals surface area contributed by atoms with Crippen LogP contribution in [0.4, 0.5) is 4.39 Å². The Labute approximate surface area is 113 Å². The van der Waals surface area contributed by atoms with Crippen molar-refractivity contribution in [2.75, 3.05) is 6.54 Å². The maximum absolute atomic E-state index is 13.1. The van der Waals surface area contributed by atoms with Gasteiger partial charge in [-0.2, -0.15) is 0 Å². The molecule has 0 spiro atoms. The standard InChI is InChI=1S/C15H21FN2O/c1-3-15(19)18-12-6-7-17-14(9-12)13-5-4-11(16)8-10(13)2/h4-5,8,12,14,17H,3,6-7,9H2,1-2H3,(H,18,19)/t12-,14+/m0/s1. The van der Waals surface area contributed by atoms with Gasteiger partial charge in [-0.25, -0.2) is 4.39 Å². The van der Waals surface area contributed by atoms with Crippen LogP contribution in [-0.2, 0) is 4.79 Å². The fourth-order valence-corrected chi connectivity index (χ4v) is 2.65. The predicted molar refractivity (Wildman–Crippen MR) is 73.3 cm³/mol. The van der Waals surface area contributed by atoms with Crippen molar-refractivity contribution in [1.29, 1.82) is 0 Å². The van der Waals surface area contributed by atoms with E-state index < -0.39 is 0 Å². The van der Waals surface area contributed by atoms with Crippen LogP contribution in [0.25, 0.3) is 0 Å². The first kappa shape index (κ1) is 14.0. The topological polar surface area (TPSA) is 41.1 Å². The van der Waals surface area contributed by atoms with E-state index in [0.717, 1.165) is 30.5 Å². The number of amides is 1. The van der Waals surface area contributed by atoms with Gasteiger partial charge in [-0.15, -0.1) is 0 Å². The number of rotatable bonds is 3. The SMILES string of the molecule is CCC(=O)N[C@H]1CCN[C@@H](c2ccc(F)cc2C)C1. The first-order valence-corrected chi connectivity index (χ1v) is 6.89. The number of hydrogen-bond donors (Lipinski definition) is 2. The van der Waals surface area contributed by atoms with Crippen molar-refractivity contribution in [1.82, 2.24) is 10.6 Å². The molecule has 0 radical (unpaired) electrons. The van der Waals surface area contributed by atoms with Gasteiger partial charge in [0.15, 0.2) is 0 Å². The van der Waals surface area contributed by atoms with Crippen molar-refractivity contribution in [3.63, 3.8) is 0 Å². The second kappa shape index (κ2) is 6.15. The molecule has 1 amide bonds. The van der Waals surface area contributed by atoms with Gasteiger partial charge in [0.2, 0.25) is 5.91 Å². The summed E-state index contributed by atoms with van der Waals surface area (Å²) in [7, 11) is 0. The number of halogens is 1. The zero-order chi connectivity index (χ0) is 13.8. The van der Waals surface area contributed by atoms with Crippen LogP contribution in [-0.4, -0.2) is 18.5 Å². The summed E-state index contributed by atoms with van der Waals surface area (Å²) in [5, 5.41) is 6.49. The molecule has 19 heavy (non-hydrogen) atoms. The zero-order valence-corrected chi connectivity index (χ0v) is 11.5. The molecule has 1 aromatic rings. The van der Waals surface area contributed by atoms with Gasteiger partial charge in [-0.3, -0.25) is 4.79 Å². The van der Waals surface area contributed by atoms with Crippen molar-refractivity contribution in [2.24, 2.45) is 0 Å². The van der Waals surface area contributed by atoms with E-state index in [9.17, 15) is 9.18 Å². The molecule has 2 rings (SSSR count). The highest BCUT2D eigenvalue weighted by Crippen LogP contribution is 2.26. The number of benzene rings is 1. The van der Waals surface area contributed by atoms with Gasteiger partial charge < -0.3 is 10.6 Å². The molecule has 1 heterocycles. The van der Waals surface area contributed by atoms with Crippen LogP contribution in [0.2, 0.25) is 0 Å². The maximum Gasteiger partial charge on any atom is 0.219 e. The number of nitrogens with one attached hydrogen (secondary N) is 2. The summed E-state index contributed by atoms with van der Waals surface area (Å²) < 4.78 is 13.1. The zero-order valence-electron chi connectivity index (χ0n) is 11.5. The molecule has 1 aliphatic heterocycles. The molecule has 2 atom stereocenters. The van der Waals surface area contributed by atoms with Crippen molar-refractivity contribution in [3.8, 4) is 0 Å². The Kier molecular flexibility index (Phi) is 4.53. The summed E-state index contributed by atoms with van der Waals surface area (Å²) in [6.45, 7) is 4.66. The highest BCUT2D eigenvalue weighted by atomic mass is 19.1. The van der Waals surface area contributed by atoms with Crippen LogP contribution in [0.3, 0.4) is 0 Å². The molecule has 0 bridgehead atoms. The van der Waals surface area contributed by atoms with E-state index in [1.54, 1.807) is 6.07 Å². The predicted octanol–water partition coefficient (Wildman–Crippen LogP) is 2.45. The average molecular weight is 264 g/mol. The van der Waals surface area contributed by atoms with Gasteiger partial charge in [-0.1, -0.05) is 13.0 Å². The third-order valence-corrected chi connectivity index (χ3v) is 3.70. The molecular formula is C15H21FN2O. The average Bonchev–Trinajstić information content (AvgIpc) is 2.39. The smallest absolute Gasteiger partial charge is 0.219 e. The third kappa shape index (κ3) is 3.53. The largest absolute Gasteiger partial charge is 0.353 e. The second-order valence-electron chi connectivity index (χ2n) is 5.15. The molecule has 4 heteroatoms. The van der Waals surface area contributed by atoms with E-state index >= 15 is 0 Å². The minimum absolute atomic E-state index is 0.0986. The number of carbonyl (C=O) groups is 1. The van der Waals surface area contributed by atoms with E-state index in [2.05, 4.69) is 10.6 Å². The summed E-state index contributed by atoms with van der Waals surface area (Å²) in [5.41, 5.74) is 2.08. The van der Waals surface area contributed by atoms with Crippen LogP contribution < -0.4 is 10.6 Å². The Morgan fingerprint density at radius 2 is 2.32 bits per heavy atom. The normalized spacial score (nSPS) is 23.1. The van der Waals surface area contributed by atoms with E-state index in [-0.39, 0.29) is 23.8 Å². The monoisotopic (exact) mass is 264 g/mol. The molecule has 0 aliphatic carbocycles. The molecule has 2 N–H and O–H groups in total. The summed E-state index contributed by atoms with van der Waals surface area (Å²) in [4.78, 5) is 11.5. The molecule has 0 unspecified atom stereocenters. The quantitative estimate of drug-likeness (QED) is 0.880. The van der Waals surface area contributed by atoms with E-state index in [0.29, 0.717) is 6.42 Å². The Bertz CT molecular complexity index is 461. The van der Waals surface area contributed by atoms with Crippen LogP contribution in [0.1, 0.15) is 43.4 Å². The van der Waals surface area contributed by atoms with Crippen molar-refractivity contribution in [2.45, 2.75) is 45.2 Å². The summed E-state index contributed by atoms with van der Waals surface area (Å²) in [5.74, 6) is -0.102. The lowest BCUT2D eigenvalue weighted by atomic mass is 9.91. The fraction of sp³-hybridized carbons (Fsp3) is 0.533. The highest BCUT2D eigenvalue weighted by Gasteiger charge is 2.24. The fourth-order valence-electron chi connectivity index (χ4n) is 2.65. The number of piperidine rings is 1. The molecule has 3 nitrogen and oxygen atoms in total. The first-order chi connectivity index (χ1) is 9.10. The van der Waals surface area contributed by atoms with Crippen molar-refractivity contribution >= 4 is 5.91 Å². The lowest BCUT2D eigenvalue weighted by molar-refractivity contribution is -0.121.